The van der Waals surface area contributed by atoms with Crippen LogP contribution in [0.4, 0.5) is 22.7 Å². The minimum absolute atomic E-state index is 0.00682. The van der Waals surface area contributed by atoms with E-state index in [1.165, 1.54) is 6.07 Å². The van der Waals surface area contributed by atoms with E-state index in [0.717, 1.165) is 17.7 Å². The topological polar surface area (TPSA) is 90.9 Å². The zero-order chi connectivity index (χ0) is 16.6. The number of nitrogen functional groups attached to an aromatic ring is 1. The molecule has 120 valence electrons. The molecule has 3 rings (SSSR count). The van der Waals surface area contributed by atoms with Crippen LogP contribution in [0.5, 0.6) is 11.5 Å². The summed E-state index contributed by atoms with van der Waals surface area (Å²) in [5.74, 6) is 1.25. The van der Waals surface area contributed by atoms with E-state index in [1.807, 2.05) is 17.0 Å². The number of nitro groups is 1. The van der Waals surface area contributed by atoms with E-state index in [4.69, 9.17) is 15.2 Å². The van der Waals surface area contributed by atoms with Crippen molar-refractivity contribution in [3.8, 4) is 11.5 Å². The van der Waals surface area contributed by atoms with E-state index in [-0.39, 0.29) is 5.69 Å². The molecular weight excluding hydrogens is 298 g/mol. The maximum atomic E-state index is 11.3. The molecule has 0 amide bonds. The van der Waals surface area contributed by atoms with Crippen LogP contribution in [0.3, 0.4) is 0 Å². The highest BCUT2D eigenvalue weighted by molar-refractivity contribution is 5.79. The summed E-state index contributed by atoms with van der Waals surface area (Å²) in [6.07, 6.45) is 0.775. The summed E-state index contributed by atoms with van der Waals surface area (Å²) >= 11 is 0. The van der Waals surface area contributed by atoms with Gasteiger partial charge in [0.05, 0.1) is 19.1 Å². The van der Waals surface area contributed by atoms with Crippen molar-refractivity contribution < 1.29 is 14.4 Å². The van der Waals surface area contributed by atoms with E-state index in [2.05, 4.69) is 0 Å². The lowest BCUT2D eigenvalue weighted by molar-refractivity contribution is -0.384. The lowest BCUT2D eigenvalue weighted by atomic mass is 10.1. The van der Waals surface area contributed by atoms with Gasteiger partial charge < -0.3 is 20.1 Å². The predicted molar refractivity (Wildman–Crippen MR) is 87.8 cm³/mol. The van der Waals surface area contributed by atoms with E-state index in [9.17, 15) is 10.1 Å². The molecule has 0 saturated heterocycles. The number of hydrogen-bond acceptors (Lipinski definition) is 6. The van der Waals surface area contributed by atoms with Crippen LogP contribution in [-0.4, -0.2) is 25.7 Å². The van der Waals surface area contributed by atoms with Crippen molar-refractivity contribution in [1.82, 2.24) is 0 Å². The lowest BCUT2D eigenvalue weighted by Crippen LogP contribution is -2.15. The van der Waals surface area contributed by atoms with Gasteiger partial charge in [-0.15, -0.1) is 0 Å². The Kier molecular flexibility index (Phi) is 3.69. The fourth-order valence-corrected chi connectivity index (χ4v) is 2.88. The molecule has 2 N–H and O–H groups in total. The van der Waals surface area contributed by atoms with Gasteiger partial charge >= 0.3 is 0 Å². The van der Waals surface area contributed by atoms with Crippen LogP contribution in [0, 0.1) is 10.1 Å². The maximum absolute atomic E-state index is 11.3. The first-order valence-electron chi connectivity index (χ1n) is 7.11. The Morgan fingerprint density at radius 3 is 2.48 bits per heavy atom. The molecule has 0 unspecified atom stereocenters. The minimum atomic E-state index is -0.412. The highest BCUT2D eigenvalue weighted by Gasteiger charge is 2.28. The quantitative estimate of drug-likeness (QED) is 0.530. The van der Waals surface area contributed by atoms with Crippen LogP contribution in [0.25, 0.3) is 0 Å². The summed E-state index contributed by atoms with van der Waals surface area (Å²) in [6.45, 7) is 0.649. The lowest BCUT2D eigenvalue weighted by Gasteiger charge is -2.20. The summed E-state index contributed by atoms with van der Waals surface area (Å²) in [5.41, 5.74) is 8.52. The molecule has 0 bridgehead atoms. The van der Waals surface area contributed by atoms with Gasteiger partial charge in [-0.1, -0.05) is 0 Å². The Morgan fingerprint density at radius 1 is 1.13 bits per heavy atom. The van der Waals surface area contributed by atoms with Crippen molar-refractivity contribution in [1.29, 1.82) is 0 Å². The number of rotatable bonds is 4. The second kappa shape index (κ2) is 5.68. The molecule has 1 aliphatic heterocycles. The molecule has 0 fully saturated rings. The standard InChI is InChI=1S/C16H17N3O4/c1-22-15-7-10-5-6-18(13(10)9-16(15)23-2)12-4-3-11(17)8-14(12)19(20)21/h3-4,7-9H,5-6,17H2,1-2H3. The van der Waals surface area contributed by atoms with E-state index < -0.39 is 4.92 Å². The zero-order valence-corrected chi connectivity index (χ0v) is 12.9. The molecular formula is C16H17N3O4. The second-order valence-electron chi connectivity index (χ2n) is 5.24. The first kappa shape index (κ1) is 15.0. The largest absolute Gasteiger partial charge is 0.493 e. The van der Waals surface area contributed by atoms with Gasteiger partial charge in [0, 0.05) is 30.1 Å². The molecule has 2 aromatic rings. The Hall–Kier alpha value is -2.96. The Labute approximate surface area is 133 Å². The average molecular weight is 315 g/mol. The number of fused-ring (bicyclic) bond motifs is 1. The molecule has 0 aromatic heterocycles. The van der Waals surface area contributed by atoms with E-state index in [0.29, 0.717) is 29.4 Å². The molecule has 23 heavy (non-hydrogen) atoms. The van der Waals surface area contributed by atoms with Gasteiger partial charge in [0.15, 0.2) is 11.5 Å². The highest BCUT2D eigenvalue weighted by Crippen LogP contribution is 2.44. The number of nitrogens with two attached hydrogens (primary N) is 1. The van der Waals surface area contributed by atoms with Crippen molar-refractivity contribution in [2.45, 2.75) is 6.42 Å². The summed E-state index contributed by atoms with van der Waals surface area (Å²) in [7, 11) is 3.15. The first-order chi connectivity index (χ1) is 11.0. The van der Waals surface area contributed by atoms with Crippen molar-refractivity contribution in [2.24, 2.45) is 0 Å². The molecule has 7 heteroatoms. The normalized spacial score (nSPS) is 12.9. The maximum Gasteiger partial charge on any atom is 0.294 e. The molecule has 2 aromatic carbocycles. The average Bonchev–Trinajstić information content (AvgIpc) is 2.95. The smallest absolute Gasteiger partial charge is 0.294 e. The number of anilines is 3. The van der Waals surface area contributed by atoms with Gasteiger partial charge in [0.25, 0.3) is 5.69 Å². The van der Waals surface area contributed by atoms with Crippen LogP contribution in [-0.2, 0) is 6.42 Å². The summed E-state index contributed by atoms with van der Waals surface area (Å²) in [4.78, 5) is 12.8. The van der Waals surface area contributed by atoms with Gasteiger partial charge in [0.1, 0.15) is 5.69 Å². The molecule has 0 aliphatic carbocycles. The Bertz CT molecular complexity index is 776. The number of nitrogens with zero attached hydrogens (tertiary/aromatic N) is 2. The number of hydrogen-bond donors (Lipinski definition) is 1. The van der Waals surface area contributed by atoms with Crippen LogP contribution in [0.1, 0.15) is 5.56 Å². The second-order valence-corrected chi connectivity index (χ2v) is 5.24. The van der Waals surface area contributed by atoms with Gasteiger partial charge in [-0.3, -0.25) is 10.1 Å². The van der Waals surface area contributed by atoms with Crippen molar-refractivity contribution in [3.63, 3.8) is 0 Å². The molecule has 0 radical (unpaired) electrons. The SMILES string of the molecule is COc1cc2c(cc1OC)N(c1ccc(N)cc1[N+](=O)[O-])CC2. The monoisotopic (exact) mass is 315 g/mol. The fraction of sp³-hybridized carbons (Fsp3) is 0.250. The highest BCUT2D eigenvalue weighted by atomic mass is 16.6. The number of methoxy groups -OCH3 is 2. The number of nitro benzene ring substituents is 1. The van der Waals surface area contributed by atoms with E-state index in [1.54, 1.807) is 26.4 Å². The van der Waals surface area contributed by atoms with Crippen molar-refractivity contribution >= 4 is 22.7 Å². The van der Waals surface area contributed by atoms with Crippen LogP contribution in [0.15, 0.2) is 30.3 Å². The first-order valence-corrected chi connectivity index (χ1v) is 7.11. The third-order valence-electron chi connectivity index (χ3n) is 3.97. The summed E-state index contributed by atoms with van der Waals surface area (Å²) in [5, 5.41) is 11.3. The number of ether oxygens (including phenoxy) is 2. The number of benzene rings is 2. The van der Waals surface area contributed by atoms with Gasteiger partial charge in [0.2, 0.25) is 0 Å². The molecule has 0 spiro atoms. The molecule has 1 aliphatic rings. The van der Waals surface area contributed by atoms with Crippen LogP contribution < -0.4 is 20.1 Å². The van der Waals surface area contributed by atoms with Crippen molar-refractivity contribution in [2.75, 3.05) is 31.4 Å². The van der Waals surface area contributed by atoms with Crippen LogP contribution in [0.2, 0.25) is 0 Å². The van der Waals surface area contributed by atoms with Gasteiger partial charge in [-0.2, -0.15) is 0 Å². The zero-order valence-electron chi connectivity index (χ0n) is 12.9. The van der Waals surface area contributed by atoms with Crippen molar-refractivity contribution in [3.05, 3.63) is 46.0 Å². The van der Waals surface area contributed by atoms with Crippen LogP contribution >= 0.6 is 0 Å². The summed E-state index contributed by atoms with van der Waals surface area (Å²) < 4.78 is 10.6. The van der Waals surface area contributed by atoms with Gasteiger partial charge in [-0.05, 0) is 30.2 Å². The van der Waals surface area contributed by atoms with E-state index >= 15 is 0 Å². The Morgan fingerprint density at radius 2 is 1.83 bits per heavy atom. The molecule has 7 nitrogen and oxygen atoms in total. The third kappa shape index (κ3) is 2.50. The Balaban J connectivity index is 2.11. The minimum Gasteiger partial charge on any atom is -0.493 e. The van der Waals surface area contributed by atoms with Gasteiger partial charge in [-0.25, -0.2) is 0 Å². The third-order valence-corrected chi connectivity index (χ3v) is 3.97. The predicted octanol–water partition coefficient (Wildman–Crippen LogP) is 2.89. The molecule has 1 heterocycles. The molecule has 0 saturated carbocycles. The summed E-state index contributed by atoms with van der Waals surface area (Å²) in [6, 6.07) is 8.49. The fourth-order valence-electron chi connectivity index (χ4n) is 2.88. The molecule has 0 atom stereocenters.